The Kier molecular flexibility index (Phi) is 3.30. The van der Waals surface area contributed by atoms with Crippen molar-refractivity contribution in [2.75, 3.05) is 5.32 Å². The van der Waals surface area contributed by atoms with Crippen LogP contribution in [0.3, 0.4) is 0 Å². The third-order valence-corrected chi connectivity index (χ3v) is 2.44. The monoisotopic (exact) mass is 251 g/mol. The SMILES string of the molecule is O=C(Cn1ccnc1Cl)Nc1ccc(O)cc1. The largest absolute Gasteiger partial charge is 0.508 e. The second kappa shape index (κ2) is 4.88. The van der Waals surface area contributed by atoms with E-state index in [1.54, 1.807) is 18.3 Å². The minimum atomic E-state index is -0.212. The van der Waals surface area contributed by atoms with E-state index in [0.29, 0.717) is 5.69 Å². The van der Waals surface area contributed by atoms with Crippen molar-refractivity contribution in [2.45, 2.75) is 6.54 Å². The topological polar surface area (TPSA) is 67.2 Å². The molecule has 0 bridgehead atoms. The first-order valence-electron chi connectivity index (χ1n) is 4.90. The van der Waals surface area contributed by atoms with E-state index < -0.39 is 0 Å². The standard InChI is InChI=1S/C11H10ClN3O2/c12-11-13-5-6-15(11)7-10(17)14-8-1-3-9(16)4-2-8/h1-6,16H,7H2,(H,14,17). The maximum Gasteiger partial charge on any atom is 0.244 e. The van der Waals surface area contributed by atoms with Crippen LogP contribution in [0.15, 0.2) is 36.7 Å². The average molecular weight is 252 g/mol. The molecule has 17 heavy (non-hydrogen) atoms. The summed E-state index contributed by atoms with van der Waals surface area (Å²) < 4.78 is 1.53. The van der Waals surface area contributed by atoms with Gasteiger partial charge in [0.2, 0.25) is 11.2 Å². The van der Waals surface area contributed by atoms with E-state index in [2.05, 4.69) is 10.3 Å². The molecule has 0 aliphatic rings. The minimum Gasteiger partial charge on any atom is -0.508 e. The van der Waals surface area contributed by atoms with Gasteiger partial charge in [-0.25, -0.2) is 4.98 Å². The summed E-state index contributed by atoms with van der Waals surface area (Å²) in [6.45, 7) is 0.0969. The molecule has 0 unspecified atom stereocenters. The van der Waals surface area contributed by atoms with Crippen molar-refractivity contribution in [2.24, 2.45) is 0 Å². The molecule has 0 radical (unpaired) electrons. The van der Waals surface area contributed by atoms with Crippen molar-refractivity contribution in [1.82, 2.24) is 9.55 Å². The summed E-state index contributed by atoms with van der Waals surface area (Å²) in [6.07, 6.45) is 3.15. The predicted octanol–water partition coefficient (Wildman–Crippen LogP) is 1.88. The number of carbonyl (C=O) groups is 1. The smallest absolute Gasteiger partial charge is 0.244 e. The summed E-state index contributed by atoms with van der Waals surface area (Å²) >= 11 is 5.75. The number of anilines is 1. The maximum atomic E-state index is 11.6. The van der Waals surface area contributed by atoms with Crippen LogP contribution < -0.4 is 5.32 Å². The number of aromatic hydroxyl groups is 1. The van der Waals surface area contributed by atoms with Crippen LogP contribution in [0.1, 0.15) is 0 Å². The fourth-order valence-corrected chi connectivity index (χ4v) is 1.50. The zero-order valence-electron chi connectivity index (χ0n) is 8.80. The summed E-state index contributed by atoms with van der Waals surface area (Å²) in [5.74, 6) is -0.0590. The number of benzene rings is 1. The van der Waals surface area contributed by atoms with Crippen LogP contribution in [0.4, 0.5) is 5.69 Å². The zero-order valence-corrected chi connectivity index (χ0v) is 9.55. The minimum absolute atomic E-state index is 0.0969. The van der Waals surface area contributed by atoms with Crippen LogP contribution >= 0.6 is 11.6 Å². The molecule has 1 heterocycles. The molecule has 0 aliphatic heterocycles. The van der Waals surface area contributed by atoms with E-state index in [1.165, 1.54) is 22.9 Å². The summed E-state index contributed by atoms with van der Waals surface area (Å²) in [4.78, 5) is 15.4. The van der Waals surface area contributed by atoms with Gasteiger partial charge in [-0.1, -0.05) is 0 Å². The van der Waals surface area contributed by atoms with Gasteiger partial charge in [0.25, 0.3) is 0 Å². The maximum absolute atomic E-state index is 11.6. The van der Waals surface area contributed by atoms with Gasteiger partial charge in [0, 0.05) is 18.1 Å². The Hall–Kier alpha value is -2.01. The van der Waals surface area contributed by atoms with Crippen molar-refractivity contribution >= 4 is 23.2 Å². The van der Waals surface area contributed by atoms with Gasteiger partial charge in [0.1, 0.15) is 12.3 Å². The molecule has 6 heteroatoms. The number of nitrogens with one attached hydrogen (secondary N) is 1. The van der Waals surface area contributed by atoms with Crippen LogP contribution in [-0.4, -0.2) is 20.6 Å². The van der Waals surface area contributed by atoms with Crippen molar-refractivity contribution < 1.29 is 9.90 Å². The molecule has 1 aromatic carbocycles. The summed E-state index contributed by atoms with van der Waals surface area (Å²) in [5.41, 5.74) is 0.615. The number of aromatic nitrogens is 2. The van der Waals surface area contributed by atoms with Gasteiger partial charge >= 0.3 is 0 Å². The first kappa shape index (κ1) is 11.5. The molecule has 5 nitrogen and oxygen atoms in total. The molecule has 2 rings (SSSR count). The van der Waals surface area contributed by atoms with E-state index in [1.807, 2.05) is 0 Å². The van der Waals surface area contributed by atoms with E-state index in [4.69, 9.17) is 16.7 Å². The fourth-order valence-electron chi connectivity index (χ4n) is 1.33. The highest BCUT2D eigenvalue weighted by Crippen LogP contribution is 2.14. The van der Waals surface area contributed by atoms with E-state index in [0.717, 1.165) is 0 Å². The average Bonchev–Trinajstić information content (AvgIpc) is 2.68. The molecule has 0 spiro atoms. The Balaban J connectivity index is 1.98. The number of nitrogens with zero attached hydrogens (tertiary/aromatic N) is 2. The van der Waals surface area contributed by atoms with Crippen molar-refractivity contribution in [3.63, 3.8) is 0 Å². The first-order valence-corrected chi connectivity index (χ1v) is 5.28. The van der Waals surface area contributed by atoms with Gasteiger partial charge in [-0.3, -0.25) is 4.79 Å². The highest BCUT2D eigenvalue weighted by atomic mass is 35.5. The Bertz CT molecular complexity index is 522. The Labute approximate surface area is 103 Å². The molecule has 2 N–H and O–H groups in total. The molecule has 0 saturated carbocycles. The van der Waals surface area contributed by atoms with Crippen LogP contribution in [-0.2, 0) is 11.3 Å². The quantitative estimate of drug-likeness (QED) is 0.819. The number of rotatable bonds is 3. The number of hydrogen-bond acceptors (Lipinski definition) is 3. The second-order valence-corrected chi connectivity index (χ2v) is 3.76. The number of carbonyl (C=O) groups excluding carboxylic acids is 1. The van der Waals surface area contributed by atoms with Crippen LogP contribution in [0.25, 0.3) is 0 Å². The van der Waals surface area contributed by atoms with E-state index in [9.17, 15) is 4.79 Å². The zero-order chi connectivity index (χ0) is 12.3. The molecule has 0 saturated heterocycles. The summed E-state index contributed by atoms with van der Waals surface area (Å²) in [7, 11) is 0. The van der Waals surface area contributed by atoms with Gasteiger partial charge in [0.05, 0.1) is 0 Å². The highest BCUT2D eigenvalue weighted by molar-refractivity contribution is 6.28. The molecular weight excluding hydrogens is 242 g/mol. The number of phenolic OH excluding ortho intramolecular Hbond substituents is 1. The Morgan fingerprint density at radius 1 is 1.41 bits per heavy atom. The Morgan fingerprint density at radius 3 is 2.71 bits per heavy atom. The van der Waals surface area contributed by atoms with Crippen molar-refractivity contribution in [3.8, 4) is 5.75 Å². The normalized spacial score (nSPS) is 10.2. The molecule has 0 atom stereocenters. The lowest BCUT2D eigenvalue weighted by Crippen LogP contribution is -2.18. The van der Waals surface area contributed by atoms with Gasteiger partial charge in [-0.2, -0.15) is 0 Å². The third-order valence-electron chi connectivity index (χ3n) is 2.13. The Morgan fingerprint density at radius 2 is 2.12 bits per heavy atom. The van der Waals surface area contributed by atoms with E-state index in [-0.39, 0.29) is 23.5 Å². The number of amides is 1. The lowest BCUT2D eigenvalue weighted by atomic mass is 10.3. The molecule has 1 amide bonds. The number of halogens is 1. The summed E-state index contributed by atoms with van der Waals surface area (Å²) in [5, 5.41) is 12.0. The summed E-state index contributed by atoms with van der Waals surface area (Å²) in [6, 6.07) is 6.23. The van der Waals surface area contributed by atoms with Gasteiger partial charge in [-0.05, 0) is 35.9 Å². The first-order chi connectivity index (χ1) is 8.15. The number of imidazole rings is 1. The van der Waals surface area contributed by atoms with E-state index >= 15 is 0 Å². The highest BCUT2D eigenvalue weighted by Gasteiger charge is 2.06. The predicted molar refractivity (Wildman–Crippen MR) is 64.0 cm³/mol. The lowest BCUT2D eigenvalue weighted by molar-refractivity contribution is -0.116. The molecule has 0 aliphatic carbocycles. The fraction of sp³-hybridized carbons (Fsp3) is 0.0909. The number of phenols is 1. The van der Waals surface area contributed by atoms with Crippen LogP contribution in [0, 0.1) is 0 Å². The lowest BCUT2D eigenvalue weighted by Gasteiger charge is -2.06. The molecule has 88 valence electrons. The molecule has 0 fully saturated rings. The van der Waals surface area contributed by atoms with Gasteiger partial charge in [-0.15, -0.1) is 0 Å². The third kappa shape index (κ3) is 2.98. The van der Waals surface area contributed by atoms with Gasteiger partial charge in [0.15, 0.2) is 0 Å². The second-order valence-electron chi connectivity index (χ2n) is 3.42. The molecule has 1 aromatic heterocycles. The molecule has 2 aromatic rings. The number of hydrogen-bond donors (Lipinski definition) is 2. The van der Waals surface area contributed by atoms with Crippen molar-refractivity contribution in [3.05, 3.63) is 41.9 Å². The molecular formula is C11H10ClN3O2. The van der Waals surface area contributed by atoms with Crippen LogP contribution in [0.2, 0.25) is 5.28 Å². The van der Waals surface area contributed by atoms with Crippen molar-refractivity contribution in [1.29, 1.82) is 0 Å². The van der Waals surface area contributed by atoms with Crippen LogP contribution in [0.5, 0.6) is 5.75 Å². The van der Waals surface area contributed by atoms with Gasteiger partial charge < -0.3 is 15.0 Å².